The minimum Gasteiger partial charge on any atom is -0.349 e. The average molecular weight is 447 g/mol. The molecule has 3 nitrogen and oxygen atoms in total. The van der Waals surface area contributed by atoms with Crippen LogP contribution in [-0.4, -0.2) is 16.5 Å². The molecule has 30 heavy (non-hydrogen) atoms. The van der Waals surface area contributed by atoms with Gasteiger partial charge in [0.2, 0.25) is 0 Å². The van der Waals surface area contributed by atoms with Crippen LogP contribution in [0.2, 0.25) is 10.0 Å². The van der Waals surface area contributed by atoms with E-state index in [0.29, 0.717) is 22.0 Å². The normalized spacial score (nSPS) is 18.5. The first-order chi connectivity index (χ1) is 14.5. The third-order valence-electron chi connectivity index (χ3n) is 6.92. The van der Waals surface area contributed by atoms with Gasteiger partial charge in [-0.05, 0) is 62.8 Å². The first kappa shape index (κ1) is 21.8. The Morgan fingerprint density at radius 1 is 1.00 bits per heavy atom. The molecule has 1 N–H and O–H groups in total. The van der Waals surface area contributed by atoms with Crippen LogP contribution in [0.15, 0.2) is 24.3 Å². The standard InChI is InChI=1S/C25H32Cl2N2O/c1-17-21(25(30)28-20-10-6-3-7-11-20)15-24(22-14-19(26)12-13-23(22)27)29(17)16-18-8-4-2-5-9-18/h12-15,18,20H,2-11,16H2,1H3,(H,28,30). The fraction of sp³-hybridized carbons (Fsp3) is 0.560. The molecular weight excluding hydrogens is 415 g/mol. The van der Waals surface area contributed by atoms with Crippen LogP contribution in [0.1, 0.15) is 80.3 Å². The van der Waals surface area contributed by atoms with E-state index in [1.54, 1.807) is 0 Å². The van der Waals surface area contributed by atoms with Crippen molar-refractivity contribution < 1.29 is 4.79 Å². The zero-order chi connectivity index (χ0) is 21.1. The van der Waals surface area contributed by atoms with Gasteiger partial charge in [0.25, 0.3) is 5.91 Å². The lowest BCUT2D eigenvalue weighted by molar-refractivity contribution is 0.0927. The average Bonchev–Trinajstić information content (AvgIpc) is 3.07. The molecule has 2 saturated carbocycles. The number of nitrogens with zero attached hydrogens (tertiary/aromatic N) is 1. The summed E-state index contributed by atoms with van der Waals surface area (Å²) in [6.45, 7) is 3.00. The number of hydrogen-bond acceptors (Lipinski definition) is 1. The van der Waals surface area contributed by atoms with Crippen LogP contribution < -0.4 is 5.32 Å². The van der Waals surface area contributed by atoms with Crippen molar-refractivity contribution in [1.29, 1.82) is 0 Å². The second-order valence-electron chi connectivity index (χ2n) is 9.08. The molecule has 1 aromatic carbocycles. The summed E-state index contributed by atoms with van der Waals surface area (Å²) in [4.78, 5) is 13.2. The summed E-state index contributed by atoms with van der Waals surface area (Å²) in [6, 6.07) is 7.89. The fourth-order valence-corrected chi connectivity index (χ4v) is 5.55. The highest BCUT2D eigenvalue weighted by Crippen LogP contribution is 2.36. The minimum atomic E-state index is 0.0428. The van der Waals surface area contributed by atoms with Crippen LogP contribution in [0.4, 0.5) is 0 Å². The quantitative estimate of drug-likeness (QED) is 0.509. The third kappa shape index (κ3) is 4.89. The summed E-state index contributed by atoms with van der Waals surface area (Å²) < 4.78 is 2.31. The van der Waals surface area contributed by atoms with Gasteiger partial charge in [0.1, 0.15) is 0 Å². The molecule has 2 aromatic rings. The second kappa shape index (κ2) is 9.78. The molecular formula is C25H32Cl2N2O. The Morgan fingerprint density at radius 3 is 2.37 bits per heavy atom. The van der Waals surface area contributed by atoms with Crippen LogP contribution in [-0.2, 0) is 6.54 Å². The van der Waals surface area contributed by atoms with Gasteiger partial charge in [0, 0.05) is 33.9 Å². The van der Waals surface area contributed by atoms with Crippen LogP contribution in [0.5, 0.6) is 0 Å². The first-order valence-corrected chi connectivity index (χ1v) is 12.2. The Balaban J connectivity index is 1.68. The summed E-state index contributed by atoms with van der Waals surface area (Å²) in [5, 5.41) is 4.61. The monoisotopic (exact) mass is 446 g/mol. The van der Waals surface area contributed by atoms with Gasteiger partial charge in [-0.3, -0.25) is 4.79 Å². The number of carbonyl (C=O) groups excluding carboxylic acids is 1. The zero-order valence-electron chi connectivity index (χ0n) is 17.9. The van der Waals surface area contributed by atoms with Gasteiger partial charge in [-0.25, -0.2) is 0 Å². The molecule has 0 bridgehead atoms. The molecule has 2 aliphatic carbocycles. The number of carbonyl (C=O) groups is 1. The summed E-state index contributed by atoms with van der Waals surface area (Å²) in [6.07, 6.45) is 12.3. The van der Waals surface area contributed by atoms with Crippen molar-refractivity contribution >= 4 is 29.1 Å². The molecule has 1 heterocycles. The topological polar surface area (TPSA) is 34.0 Å². The Morgan fingerprint density at radius 2 is 1.67 bits per heavy atom. The molecule has 0 aliphatic heterocycles. The minimum absolute atomic E-state index is 0.0428. The smallest absolute Gasteiger partial charge is 0.253 e. The molecule has 1 amide bonds. The predicted octanol–water partition coefficient (Wildman–Crippen LogP) is 7.41. The second-order valence-corrected chi connectivity index (χ2v) is 9.92. The van der Waals surface area contributed by atoms with Gasteiger partial charge in [-0.1, -0.05) is 61.7 Å². The Hall–Kier alpha value is -1.45. The maximum Gasteiger partial charge on any atom is 0.253 e. The molecule has 2 fully saturated rings. The van der Waals surface area contributed by atoms with Crippen molar-refractivity contribution in [1.82, 2.24) is 9.88 Å². The largest absolute Gasteiger partial charge is 0.349 e. The van der Waals surface area contributed by atoms with Gasteiger partial charge < -0.3 is 9.88 Å². The molecule has 162 valence electrons. The summed E-state index contributed by atoms with van der Waals surface area (Å²) in [7, 11) is 0. The highest BCUT2D eigenvalue weighted by molar-refractivity contribution is 6.35. The van der Waals surface area contributed by atoms with Gasteiger partial charge in [0.15, 0.2) is 0 Å². The number of halogens is 2. The van der Waals surface area contributed by atoms with Crippen LogP contribution in [0.3, 0.4) is 0 Å². The van der Waals surface area contributed by atoms with E-state index in [1.807, 2.05) is 24.3 Å². The molecule has 4 rings (SSSR count). The lowest BCUT2D eigenvalue weighted by atomic mass is 9.89. The molecule has 0 spiro atoms. The zero-order valence-corrected chi connectivity index (χ0v) is 19.4. The van der Waals surface area contributed by atoms with E-state index in [0.717, 1.165) is 41.9 Å². The van der Waals surface area contributed by atoms with E-state index in [4.69, 9.17) is 23.2 Å². The Labute approximate surface area is 190 Å². The van der Waals surface area contributed by atoms with Crippen molar-refractivity contribution in [2.45, 2.75) is 83.7 Å². The fourth-order valence-electron chi connectivity index (χ4n) is 5.17. The van der Waals surface area contributed by atoms with E-state index in [2.05, 4.69) is 16.8 Å². The Bertz CT molecular complexity index is 893. The van der Waals surface area contributed by atoms with E-state index >= 15 is 0 Å². The van der Waals surface area contributed by atoms with Gasteiger partial charge in [-0.15, -0.1) is 0 Å². The molecule has 2 aliphatic rings. The summed E-state index contributed by atoms with van der Waals surface area (Å²) in [5.74, 6) is 0.692. The van der Waals surface area contributed by atoms with Crippen LogP contribution in [0, 0.1) is 12.8 Å². The number of amides is 1. The van der Waals surface area contributed by atoms with Crippen molar-refractivity contribution in [3.8, 4) is 11.3 Å². The van der Waals surface area contributed by atoms with Gasteiger partial charge >= 0.3 is 0 Å². The lowest BCUT2D eigenvalue weighted by Crippen LogP contribution is -2.36. The van der Waals surface area contributed by atoms with Crippen molar-refractivity contribution in [2.75, 3.05) is 0 Å². The van der Waals surface area contributed by atoms with Gasteiger partial charge in [0.05, 0.1) is 11.3 Å². The molecule has 0 radical (unpaired) electrons. The van der Waals surface area contributed by atoms with Crippen molar-refractivity contribution in [3.63, 3.8) is 0 Å². The Kier molecular flexibility index (Phi) is 7.10. The van der Waals surface area contributed by atoms with Crippen LogP contribution in [0.25, 0.3) is 11.3 Å². The number of aromatic nitrogens is 1. The SMILES string of the molecule is Cc1c(C(=O)NC2CCCCC2)cc(-c2cc(Cl)ccc2Cl)n1CC1CCCCC1. The lowest BCUT2D eigenvalue weighted by Gasteiger charge is -2.25. The molecule has 0 saturated heterocycles. The third-order valence-corrected chi connectivity index (χ3v) is 7.49. The molecule has 5 heteroatoms. The maximum atomic E-state index is 13.2. The van der Waals surface area contributed by atoms with E-state index in [1.165, 1.54) is 51.4 Å². The maximum absolute atomic E-state index is 13.2. The molecule has 0 atom stereocenters. The van der Waals surface area contributed by atoms with Gasteiger partial charge in [-0.2, -0.15) is 0 Å². The number of rotatable bonds is 5. The first-order valence-electron chi connectivity index (χ1n) is 11.5. The highest BCUT2D eigenvalue weighted by atomic mass is 35.5. The summed E-state index contributed by atoms with van der Waals surface area (Å²) in [5.41, 5.74) is 3.70. The molecule has 1 aromatic heterocycles. The van der Waals surface area contributed by atoms with Crippen molar-refractivity contribution in [3.05, 3.63) is 45.6 Å². The molecule has 0 unspecified atom stereocenters. The number of nitrogens with one attached hydrogen (secondary N) is 1. The number of hydrogen-bond donors (Lipinski definition) is 1. The highest BCUT2D eigenvalue weighted by Gasteiger charge is 2.25. The predicted molar refractivity (Wildman–Crippen MR) is 126 cm³/mol. The van der Waals surface area contributed by atoms with Crippen molar-refractivity contribution in [2.24, 2.45) is 5.92 Å². The van der Waals surface area contributed by atoms with Crippen LogP contribution >= 0.6 is 23.2 Å². The number of benzene rings is 1. The van der Waals surface area contributed by atoms with E-state index < -0.39 is 0 Å². The summed E-state index contributed by atoms with van der Waals surface area (Å²) >= 11 is 12.9. The van der Waals surface area contributed by atoms with E-state index in [9.17, 15) is 4.79 Å². The van der Waals surface area contributed by atoms with E-state index in [-0.39, 0.29) is 5.91 Å².